The maximum atomic E-state index is 13.7. The fourth-order valence-corrected chi connectivity index (χ4v) is 2.11. The lowest BCUT2D eigenvalue weighted by Gasteiger charge is -2.11. The molecule has 3 aromatic rings. The fourth-order valence-electron chi connectivity index (χ4n) is 2.11. The predicted octanol–water partition coefficient (Wildman–Crippen LogP) is 3.76. The molecule has 0 amide bonds. The average Bonchev–Trinajstić information content (AvgIpc) is 2.82. The summed E-state index contributed by atoms with van der Waals surface area (Å²) in [4.78, 5) is 0. The average molecular weight is 259 g/mol. The molecule has 19 heavy (non-hydrogen) atoms. The zero-order chi connectivity index (χ0) is 13.4. The van der Waals surface area contributed by atoms with Crippen molar-refractivity contribution < 1.29 is 13.2 Å². The fraction of sp³-hybridized carbons (Fsp3) is 0.0667. The van der Waals surface area contributed by atoms with E-state index in [4.69, 9.17) is 10.2 Å². The van der Waals surface area contributed by atoms with Gasteiger partial charge in [-0.15, -0.1) is 0 Å². The number of furan rings is 1. The molecular formula is C15H11F2NO. The second-order valence-corrected chi connectivity index (χ2v) is 4.30. The van der Waals surface area contributed by atoms with Gasteiger partial charge in [0.25, 0.3) is 0 Å². The number of rotatable bonds is 2. The molecule has 4 heteroatoms. The van der Waals surface area contributed by atoms with E-state index in [-0.39, 0.29) is 5.56 Å². The first-order valence-electron chi connectivity index (χ1n) is 5.85. The topological polar surface area (TPSA) is 39.2 Å². The van der Waals surface area contributed by atoms with E-state index in [0.29, 0.717) is 11.3 Å². The summed E-state index contributed by atoms with van der Waals surface area (Å²) in [6, 6.07) is 11.7. The molecule has 0 saturated heterocycles. The zero-order valence-electron chi connectivity index (χ0n) is 9.94. The van der Waals surface area contributed by atoms with E-state index in [0.717, 1.165) is 5.39 Å². The van der Waals surface area contributed by atoms with Crippen molar-refractivity contribution in [2.75, 3.05) is 0 Å². The zero-order valence-corrected chi connectivity index (χ0v) is 9.94. The molecule has 0 bridgehead atoms. The first kappa shape index (κ1) is 11.9. The Bertz CT molecular complexity index is 683. The second-order valence-electron chi connectivity index (χ2n) is 4.30. The van der Waals surface area contributed by atoms with E-state index in [9.17, 15) is 8.78 Å². The Balaban J connectivity index is 2.10. The minimum absolute atomic E-state index is 0.179. The molecule has 0 aliphatic rings. The standard InChI is InChI=1S/C15H11F2NO/c16-10-5-3-6-11(17)14(10)15(18)13-8-9-4-1-2-7-12(9)19-13/h1-8,15H,18H2. The van der Waals surface area contributed by atoms with E-state index < -0.39 is 17.7 Å². The van der Waals surface area contributed by atoms with Crippen molar-refractivity contribution in [3.63, 3.8) is 0 Å². The Morgan fingerprint density at radius 3 is 2.32 bits per heavy atom. The van der Waals surface area contributed by atoms with Crippen molar-refractivity contribution in [3.05, 3.63) is 71.5 Å². The summed E-state index contributed by atoms with van der Waals surface area (Å²) in [6.07, 6.45) is 0. The van der Waals surface area contributed by atoms with Crippen LogP contribution in [0.4, 0.5) is 8.78 Å². The molecule has 0 aliphatic heterocycles. The summed E-state index contributed by atoms with van der Waals surface area (Å²) in [5, 5.41) is 0.852. The maximum Gasteiger partial charge on any atom is 0.134 e. The monoisotopic (exact) mass is 259 g/mol. The van der Waals surface area contributed by atoms with Gasteiger partial charge in [0.15, 0.2) is 0 Å². The van der Waals surface area contributed by atoms with Crippen molar-refractivity contribution >= 4 is 11.0 Å². The van der Waals surface area contributed by atoms with Gasteiger partial charge in [-0.3, -0.25) is 0 Å². The molecule has 0 fully saturated rings. The molecule has 1 aromatic heterocycles. The molecule has 96 valence electrons. The number of halogens is 2. The Hall–Kier alpha value is -2.20. The van der Waals surface area contributed by atoms with Crippen LogP contribution >= 0.6 is 0 Å². The van der Waals surface area contributed by atoms with Crippen LogP contribution in [0.25, 0.3) is 11.0 Å². The van der Waals surface area contributed by atoms with Crippen LogP contribution in [-0.2, 0) is 0 Å². The van der Waals surface area contributed by atoms with Gasteiger partial charge in [-0.05, 0) is 24.3 Å². The van der Waals surface area contributed by atoms with Gasteiger partial charge in [0, 0.05) is 10.9 Å². The van der Waals surface area contributed by atoms with Gasteiger partial charge in [0.1, 0.15) is 23.0 Å². The summed E-state index contributed by atoms with van der Waals surface area (Å²) in [5.41, 5.74) is 6.37. The van der Waals surface area contributed by atoms with E-state index >= 15 is 0 Å². The van der Waals surface area contributed by atoms with Crippen LogP contribution in [-0.4, -0.2) is 0 Å². The van der Waals surface area contributed by atoms with Gasteiger partial charge in [0.05, 0.1) is 6.04 Å². The van der Waals surface area contributed by atoms with Crippen LogP contribution in [0.15, 0.2) is 52.9 Å². The van der Waals surface area contributed by atoms with Crippen molar-refractivity contribution in [2.24, 2.45) is 5.73 Å². The Labute approximate surface area is 108 Å². The summed E-state index contributed by atoms with van der Waals surface area (Å²) < 4.78 is 32.9. The second kappa shape index (κ2) is 4.48. The summed E-state index contributed by atoms with van der Waals surface area (Å²) in [7, 11) is 0. The Kier molecular flexibility index (Phi) is 2.80. The van der Waals surface area contributed by atoms with Gasteiger partial charge in [0.2, 0.25) is 0 Å². The number of para-hydroxylation sites is 1. The molecule has 2 aromatic carbocycles. The Morgan fingerprint density at radius 2 is 1.63 bits per heavy atom. The third-order valence-electron chi connectivity index (χ3n) is 3.06. The smallest absolute Gasteiger partial charge is 0.134 e. The van der Waals surface area contributed by atoms with Crippen molar-refractivity contribution in [2.45, 2.75) is 6.04 Å². The molecule has 1 atom stereocenters. The van der Waals surface area contributed by atoms with Crippen LogP contribution in [0.5, 0.6) is 0 Å². The number of hydrogen-bond acceptors (Lipinski definition) is 2. The quantitative estimate of drug-likeness (QED) is 0.761. The third kappa shape index (κ3) is 2.00. The minimum atomic E-state index is -0.964. The van der Waals surface area contributed by atoms with Crippen LogP contribution < -0.4 is 5.73 Å². The van der Waals surface area contributed by atoms with Crippen LogP contribution in [0.1, 0.15) is 17.4 Å². The molecule has 3 rings (SSSR count). The van der Waals surface area contributed by atoms with Gasteiger partial charge in [-0.25, -0.2) is 8.78 Å². The normalized spacial score (nSPS) is 12.8. The summed E-state index contributed by atoms with van der Waals surface area (Å²) in [6.45, 7) is 0. The first-order chi connectivity index (χ1) is 9.16. The molecular weight excluding hydrogens is 248 g/mol. The molecule has 2 N–H and O–H groups in total. The first-order valence-corrected chi connectivity index (χ1v) is 5.85. The van der Waals surface area contributed by atoms with Gasteiger partial charge >= 0.3 is 0 Å². The van der Waals surface area contributed by atoms with E-state index in [1.54, 1.807) is 12.1 Å². The predicted molar refractivity (Wildman–Crippen MR) is 68.6 cm³/mol. The highest BCUT2D eigenvalue weighted by Crippen LogP contribution is 2.29. The van der Waals surface area contributed by atoms with Crippen molar-refractivity contribution in [1.82, 2.24) is 0 Å². The number of benzene rings is 2. The number of nitrogens with two attached hydrogens (primary N) is 1. The maximum absolute atomic E-state index is 13.7. The molecule has 1 unspecified atom stereocenters. The van der Waals surface area contributed by atoms with Gasteiger partial charge < -0.3 is 10.2 Å². The lowest BCUT2D eigenvalue weighted by molar-refractivity contribution is 0.487. The Morgan fingerprint density at radius 1 is 0.947 bits per heavy atom. The van der Waals surface area contributed by atoms with E-state index in [1.807, 2.05) is 18.2 Å². The summed E-state index contributed by atoms with van der Waals surface area (Å²) >= 11 is 0. The SMILES string of the molecule is NC(c1cc2ccccc2o1)c1c(F)cccc1F. The van der Waals surface area contributed by atoms with Crippen LogP contribution in [0.2, 0.25) is 0 Å². The lowest BCUT2D eigenvalue weighted by Crippen LogP contribution is -2.14. The van der Waals surface area contributed by atoms with Crippen molar-refractivity contribution in [3.8, 4) is 0 Å². The van der Waals surface area contributed by atoms with Gasteiger partial charge in [-0.1, -0.05) is 24.3 Å². The highest BCUT2D eigenvalue weighted by molar-refractivity contribution is 5.77. The molecule has 1 heterocycles. The highest BCUT2D eigenvalue weighted by atomic mass is 19.1. The highest BCUT2D eigenvalue weighted by Gasteiger charge is 2.21. The number of hydrogen-bond donors (Lipinski definition) is 1. The minimum Gasteiger partial charge on any atom is -0.459 e. The van der Waals surface area contributed by atoms with Gasteiger partial charge in [-0.2, -0.15) is 0 Å². The lowest BCUT2D eigenvalue weighted by atomic mass is 10.0. The molecule has 0 saturated carbocycles. The van der Waals surface area contributed by atoms with Crippen LogP contribution in [0, 0.1) is 11.6 Å². The molecule has 0 aliphatic carbocycles. The van der Waals surface area contributed by atoms with Crippen LogP contribution in [0.3, 0.4) is 0 Å². The summed E-state index contributed by atoms with van der Waals surface area (Å²) in [5.74, 6) is -1.01. The third-order valence-corrected chi connectivity index (χ3v) is 3.06. The molecule has 0 spiro atoms. The van der Waals surface area contributed by atoms with E-state index in [2.05, 4.69) is 0 Å². The van der Waals surface area contributed by atoms with E-state index in [1.165, 1.54) is 18.2 Å². The number of fused-ring (bicyclic) bond motifs is 1. The van der Waals surface area contributed by atoms with Crippen molar-refractivity contribution in [1.29, 1.82) is 0 Å². The largest absolute Gasteiger partial charge is 0.459 e. The molecule has 0 radical (unpaired) electrons. The molecule has 2 nitrogen and oxygen atoms in total.